The Bertz CT molecular complexity index is 1420. The Morgan fingerprint density at radius 3 is 2.61 bits per heavy atom. The predicted molar refractivity (Wildman–Crippen MR) is 131 cm³/mol. The zero-order chi connectivity index (χ0) is 26.3. The van der Waals surface area contributed by atoms with Crippen LogP contribution < -0.4 is 14.8 Å². The lowest BCUT2D eigenvalue weighted by Gasteiger charge is -2.34. The SMILES string of the molecule is Cn1c(C(=O)NC2(C)CCS(=O)(=O)CC2)nc2cnc(Oc3ncc(Cl)cc3OCC(F)F)c(Br)c21. The van der Waals surface area contributed by atoms with Crippen molar-refractivity contribution >= 4 is 54.3 Å². The average Bonchev–Trinajstić information content (AvgIpc) is 3.15. The van der Waals surface area contributed by atoms with E-state index < -0.39 is 34.3 Å². The van der Waals surface area contributed by atoms with Gasteiger partial charge in [-0.2, -0.15) is 0 Å². The van der Waals surface area contributed by atoms with Crippen LogP contribution in [0.15, 0.2) is 22.9 Å². The molecule has 3 aromatic heterocycles. The molecule has 0 unspecified atom stereocenters. The van der Waals surface area contributed by atoms with Crippen LogP contribution in [0, 0.1) is 0 Å². The molecule has 0 aliphatic carbocycles. The Hall–Kier alpha value is -2.58. The molecule has 0 spiro atoms. The average molecular weight is 609 g/mol. The molecule has 1 fully saturated rings. The molecule has 36 heavy (non-hydrogen) atoms. The predicted octanol–water partition coefficient (Wildman–Crippen LogP) is 3.91. The van der Waals surface area contributed by atoms with E-state index >= 15 is 0 Å². The van der Waals surface area contributed by atoms with Crippen molar-refractivity contribution in [3.63, 3.8) is 0 Å². The van der Waals surface area contributed by atoms with Gasteiger partial charge in [0.2, 0.25) is 5.88 Å². The summed E-state index contributed by atoms with van der Waals surface area (Å²) in [6.45, 7) is 0.926. The standard InChI is InChI=1S/C21H21BrClF2N5O5S/c1-21(3-5-36(32,33)6-4-21)29-18(31)17-28-12-9-27-20(15(22)16(12)30(17)2)35-19-13(34-10-14(24)25)7-11(23)8-26-19/h7-9,14H,3-6,10H2,1-2H3,(H,29,31). The van der Waals surface area contributed by atoms with Crippen LogP contribution in [-0.4, -0.2) is 63.9 Å². The number of hydrogen-bond acceptors (Lipinski definition) is 8. The number of amides is 1. The number of aromatic nitrogens is 4. The number of nitrogens with zero attached hydrogens (tertiary/aromatic N) is 4. The van der Waals surface area contributed by atoms with Gasteiger partial charge in [-0.15, -0.1) is 0 Å². The van der Waals surface area contributed by atoms with E-state index in [1.807, 2.05) is 0 Å². The highest BCUT2D eigenvalue weighted by atomic mass is 79.9. The smallest absolute Gasteiger partial charge is 0.287 e. The Morgan fingerprint density at radius 1 is 1.28 bits per heavy atom. The fraction of sp³-hybridized carbons (Fsp3) is 0.429. The van der Waals surface area contributed by atoms with E-state index in [2.05, 4.69) is 36.2 Å². The largest absolute Gasteiger partial charge is 0.482 e. The molecule has 0 radical (unpaired) electrons. The number of ether oxygens (including phenoxy) is 2. The van der Waals surface area contributed by atoms with E-state index in [1.165, 1.54) is 23.0 Å². The first-order valence-electron chi connectivity index (χ1n) is 10.7. The number of fused-ring (bicyclic) bond motifs is 1. The van der Waals surface area contributed by atoms with Crippen molar-refractivity contribution in [1.82, 2.24) is 24.8 Å². The molecule has 0 atom stereocenters. The molecule has 1 N–H and O–H groups in total. The van der Waals surface area contributed by atoms with Gasteiger partial charge >= 0.3 is 0 Å². The lowest BCUT2D eigenvalue weighted by Crippen LogP contribution is -2.51. The lowest BCUT2D eigenvalue weighted by atomic mass is 9.95. The summed E-state index contributed by atoms with van der Waals surface area (Å²) in [7, 11) is -1.46. The normalized spacial score (nSPS) is 16.8. The maximum Gasteiger partial charge on any atom is 0.287 e. The number of alkyl halides is 2. The first kappa shape index (κ1) is 26.5. The first-order valence-corrected chi connectivity index (χ1v) is 13.6. The number of sulfone groups is 1. The van der Waals surface area contributed by atoms with Crippen LogP contribution in [0.2, 0.25) is 5.02 Å². The summed E-state index contributed by atoms with van der Waals surface area (Å²) in [5.41, 5.74) is 0.182. The van der Waals surface area contributed by atoms with E-state index in [9.17, 15) is 22.0 Å². The first-order chi connectivity index (χ1) is 16.9. The summed E-state index contributed by atoms with van der Waals surface area (Å²) in [5.74, 6) is -0.568. The number of halogens is 4. The zero-order valence-corrected chi connectivity index (χ0v) is 22.3. The van der Waals surface area contributed by atoms with Crippen molar-refractivity contribution in [2.45, 2.75) is 31.7 Å². The summed E-state index contributed by atoms with van der Waals surface area (Å²) in [5, 5.41) is 3.07. The Balaban J connectivity index is 1.61. The Kier molecular flexibility index (Phi) is 7.40. The molecule has 0 aromatic carbocycles. The van der Waals surface area contributed by atoms with Gasteiger partial charge in [-0.05, 0) is 35.7 Å². The number of imidazole rings is 1. The number of aryl methyl sites for hydroxylation is 1. The number of pyridine rings is 2. The molecule has 4 rings (SSSR count). The van der Waals surface area contributed by atoms with Gasteiger partial charge in [0.15, 0.2) is 11.6 Å². The van der Waals surface area contributed by atoms with E-state index in [-0.39, 0.29) is 39.9 Å². The third-order valence-corrected chi connectivity index (χ3v) is 8.29. The number of hydrogen-bond donors (Lipinski definition) is 1. The molecule has 4 heterocycles. The number of rotatable bonds is 7. The van der Waals surface area contributed by atoms with Gasteiger partial charge in [-0.1, -0.05) is 11.6 Å². The van der Waals surface area contributed by atoms with Gasteiger partial charge < -0.3 is 19.4 Å². The molecule has 194 valence electrons. The highest BCUT2D eigenvalue weighted by Gasteiger charge is 2.35. The van der Waals surface area contributed by atoms with E-state index in [0.717, 1.165) is 0 Å². The maximum atomic E-state index is 13.0. The molecule has 1 amide bonds. The highest BCUT2D eigenvalue weighted by molar-refractivity contribution is 9.10. The van der Waals surface area contributed by atoms with Gasteiger partial charge in [0.1, 0.15) is 26.4 Å². The van der Waals surface area contributed by atoms with E-state index in [0.29, 0.717) is 28.3 Å². The molecule has 3 aromatic rings. The molecular formula is C21H21BrClF2N5O5S. The van der Waals surface area contributed by atoms with Crippen molar-refractivity contribution in [3.8, 4) is 17.5 Å². The van der Waals surface area contributed by atoms with Crippen LogP contribution >= 0.6 is 27.5 Å². The maximum absolute atomic E-state index is 13.0. The van der Waals surface area contributed by atoms with Crippen LogP contribution in [0.5, 0.6) is 17.5 Å². The van der Waals surface area contributed by atoms with E-state index in [4.69, 9.17) is 21.1 Å². The quantitative estimate of drug-likeness (QED) is 0.428. The van der Waals surface area contributed by atoms with Crippen LogP contribution in [-0.2, 0) is 16.9 Å². The van der Waals surface area contributed by atoms with Crippen LogP contribution in [0.3, 0.4) is 0 Å². The second-order valence-corrected chi connectivity index (χ2v) is 12.1. The van der Waals surface area contributed by atoms with Gasteiger partial charge in [0, 0.05) is 24.8 Å². The number of nitrogens with one attached hydrogen (secondary N) is 1. The fourth-order valence-electron chi connectivity index (χ4n) is 3.70. The third kappa shape index (κ3) is 5.70. The Morgan fingerprint density at radius 2 is 1.94 bits per heavy atom. The molecule has 1 saturated heterocycles. The minimum absolute atomic E-state index is 0.00420. The van der Waals surface area contributed by atoms with Crippen LogP contribution in [0.4, 0.5) is 8.78 Å². The van der Waals surface area contributed by atoms with Gasteiger partial charge in [0.05, 0.1) is 28.2 Å². The van der Waals surface area contributed by atoms with Crippen molar-refractivity contribution in [2.75, 3.05) is 18.1 Å². The minimum Gasteiger partial charge on any atom is -0.482 e. The van der Waals surface area contributed by atoms with Gasteiger partial charge in [-0.3, -0.25) is 4.79 Å². The topological polar surface area (TPSA) is 125 Å². The van der Waals surface area contributed by atoms with Crippen LogP contribution in [0.25, 0.3) is 11.0 Å². The van der Waals surface area contributed by atoms with Gasteiger partial charge in [-0.25, -0.2) is 32.2 Å². The number of carbonyl (C=O) groups is 1. The van der Waals surface area contributed by atoms with Crippen molar-refractivity contribution < 1.29 is 31.5 Å². The lowest BCUT2D eigenvalue weighted by molar-refractivity contribution is 0.0803. The zero-order valence-electron chi connectivity index (χ0n) is 19.1. The molecule has 1 aliphatic rings. The van der Waals surface area contributed by atoms with Crippen molar-refractivity contribution in [3.05, 3.63) is 33.8 Å². The summed E-state index contributed by atoms with van der Waals surface area (Å²) in [4.78, 5) is 25.6. The molecule has 0 saturated carbocycles. The third-order valence-electron chi connectivity index (χ3n) is 5.71. The summed E-state index contributed by atoms with van der Waals surface area (Å²) in [6.07, 6.45) is 0.549. The molecule has 10 nitrogen and oxygen atoms in total. The summed E-state index contributed by atoms with van der Waals surface area (Å²) in [6, 6.07) is 1.29. The highest BCUT2D eigenvalue weighted by Crippen LogP contribution is 2.37. The minimum atomic E-state index is -3.09. The second kappa shape index (κ2) is 10.1. The molecular weight excluding hydrogens is 588 g/mol. The Labute approximate surface area is 218 Å². The fourth-order valence-corrected chi connectivity index (χ4v) is 6.23. The monoisotopic (exact) mass is 607 g/mol. The van der Waals surface area contributed by atoms with Gasteiger partial charge in [0.25, 0.3) is 18.2 Å². The summed E-state index contributed by atoms with van der Waals surface area (Å²) >= 11 is 9.32. The van der Waals surface area contributed by atoms with Crippen molar-refractivity contribution in [2.24, 2.45) is 7.05 Å². The molecule has 1 aliphatic heterocycles. The molecule has 15 heteroatoms. The number of carbonyl (C=O) groups excluding carboxylic acids is 1. The summed E-state index contributed by atoms with van der Waals surface area (Å²) < 4.78 is 61.4. The van der Waals surface area contributed by atoms with Crippen LogP contribution in [0.1, 0.15) is 30.4 Å². The van der Waals surface area contributed by atoms with Crippen molar-refractivity contribution in [1.29, 1.82) is 0 Å². The molecule has 0 bridgehead atoms. The second-order valence-electron chi connectivity index (χ2n) is 8.53. The van der Waals surface area contributed by atoms with E-state index in [1.54, 1.807) is 14.0 Å².